The highest BCUT2D eigenvalue weighted by Crippen LogP contribution is 2.45. The summed E-state index contributed by atoms with van der Waals surface area (Å²) in [5, 5.41) is 5.14. The van der Waals surface area contributed by atoms with Crippen LogP contribution in [0.2, 0.25) is 0 Å². The highest BCUT2D eigenvalue weighted by Gasteiger charge is 2.32. The van der Waals surface area contributed by atoms with Gasteiger partial charge in [-0.2, -0.15) is 0 Å². The van der Waals surface area contributed by atoms with E-state index in [0.29, 0.717) is 5.92 Å². The fraction of sp³-hybridized carbons (Fsp3) is 0.786. The third kappa shape index (κ3) is 2.15. The first-order valence-electron chi connectivity index (χ1n) is 7.13. The molecular weight excluding hydrogens is 228 g/mol. The van der Waals surface area contributed by atoms with E-state index in [1.165, 1.54) is 62.2 Å². The topological polar surface area (TPSA) is 24.9 Å². The van der Waals surface area contributed by atoms with Crippen LogP contribution in [-0.2, 0) is 6.42 Å². The minimum absolute atomic E-state index is 0.711. The zero-order valence-electron chi connectivity index (χ0n) is 10.2. The van der Waals surface area contributed by atoms with Gasteiger partial charge in [0.25, 0.3) is 0 Å². The van der Waals surface area contributed by atoms with Crippen LogP contribution in [0.25, 0.3) is 0 Å². The molecule has 3 aliphatic carbocycles. The van der Waals surface area contributed by atoms with Crippen molar-refractivity contribution in [1.29, 1.82) is 0 Å². The molecule has 2 saturated carbocycles. The highest BCUT2D eigenvalue weighted by atomic mass is 32.1. The Morgan fingerprint density at radius 1 is 1.18 bits per heavy atom. The molecule has 2 fully saturated rings. The van der Waals surface area contributed by atoms with Crippen LogP contribution >= 0.6 is 11.3 Å². The monoisotopic (exact) mass is 248 g/mol. The molecule has 3 aliphatic rings. The van der Waals surface area contributed by atoms with Gasteiger partial charge < -0.3 is 5.32 Å². The lowest BCUT2D eigenvalue weighted by atomic mass is 9.91. The molecule has 1 atom stereocenters. The molecule has 0 aromatic carbocycles. The molecule has 1 aromatic heterocycles. The molecule has 2 nitrogen and oxygen atoms in total. The van der Waals surface area contributed by atoms with Gasteiger partial charge >= 0.3 is 0 Å². The first-order chi connectivity index (χ1) is 8.40. The molecule has 0 saturated heterocycles. The standard InChI is InChI=1S/C14H20N2S/c1-2-10(8-15-11-6-7-11)13-12(3-1)17-14(16-13)9-4-5-9/h9-11,15H,1-8H2. The number of aromatic nitrogens is 1. The number of aryl methyl sites for hydroxylation is 1. The average molecular weight is 248 g/mol. The van der Waals surface area contributed by atoms with Crippen molar-refractivity contribution >= 4 is 11.3 Å². The van der Waals surface area contributed by atoms with E-state index in [4.69, 9.17) is 4.98 Å². The number of nitrogens with zero attached hydrogens (tertiary/aromatic N) is 1. The summed E-state index contributed by atoms with van der Waals surface area (Å²) in [5.41, 5.74) is 1.47. The van der Waals surface area contributed by atoms with E-state index >= 15 is 0 Å². The first kappa shape index (κ1) is 10.5. The molecule has 0 bridgehead atoms. The minimum atomic E-state index is 0.711. The molecular formula is C14H20N2S. The van der Waals surface area contributed by atoms with E-state index in [1.54, 1.807) is 4.88 Å². The SMILES string of the molecule is C1Cc2sc(C3CC3)nc2C(CNC2CC2)C1. The molecule has 1 N–H and O–H groups in total. The predicted octanol–water partition coefficient (Wildman–Crippen LogP) is 3.19. The summed E-state index contributed by atoms with van der Waals surface area (Å²) in [5.74, 6) is 1.55. The lowest BCUT2D eigenvalue weighted by molar-refractivity contribution is 0.499. The van der Waals surface area contributed by atoms with Crippen molar-refractivity contribution in [3.8, 4) is 0 Å². The molecule has 3 heteroatoms. The normalized spacial score (nSPS) is 28.1. The molecule has 4 rings (SSSR count). The molecule has 0 amide bonds. The Morgan fingerprint density at radius 3 is 2.82 bits per heavy atom. The van der Waals surface area contributed by atoms with Crippen molar-refractivity contribution < 1.29 is 0 Å². The van der Waals surface area contributed by atoms with Gasteiger partial charge in [-0.3, -0.25) is 0 Å². The largest absolute Gasteiger partial charge is 0.313 e. The lowest BCUT2D eigenvalue weighted by Crippen LogP contribution is -2.25. The molecule has 1 unspecified atom stereocenters. The quantitative estimate of drug-likeness (QED) is 0.885. The van der Waals surface area contributed by atoms with Crippen LogP contribution in [0, 0.1) is 0 Å². The Kier molecular flexibility index (Phi) is 2.51. The van der Waals surface area contributed by atoms with Gasteiger partial charge in [0.1, 0.15) is 0 Å². The predicted molar refractivity (Wildman–Crippen MR) is 70.8 cm³/mol. The second-order valence-electron chi connectivity index (χ2n) is 5.91. The highest BCUT2D eigenvalue weighted by molar-refractivity contribution is 7.11. The van der Waals surface area contributed by atoms with E-state index in [1.807, 2.05) is 11.3 Å². The Balaban J connectivity index is 1.53. The van der Waals surface area contributed by atoms with E-state index in [2.05, 4.69) is 5.32 Å². The smallest absolute Gasteiger partial charge is 0.0962 e. The van der Waals surface area contributed by atoms with Crippen LogP contribution < -0.4 is 5.32 Å². The van der Waals surface area contributed by atoms with Gasteiger partial charge in [-0.1, -0.05) is 0 Å². The van der Waals surface area contributed by atoms with Gasteiger partial charge in [-0.05, 0) is 44.9 Å². The summed E-state index contributed by atoms with van der Waals surface area (Å²) in [6, 6.07) is 0.835. The van der Waals surface area contributed by atoms with Crippen molar-refractivity contribution in [2.24, 2.45) is 0 Å². The van der Waals surface area contributed by atoms with Crippen LogP contribution in [-0.4, -0.2) is 17.6 Å². The minimum Gasteiger partial charge on any atom is -0.313 e. The third-order valence-corrected chi connectivity index (χ3v) is 5.54. The summed E-state index contributed by atoms with van der Waals surface area (Å²) in [6.07, 6.45) is 9.57. The summed E-state index contributed by atoms with van der Waals surface area (Å²) < 4.78 is 0. The summed E-state index contributed by atoms with van der Waals surface area (Å²) in [7, 11) is 0. The third-order valence-electron chi connectivity index (χ3n) is 4.24. The molecule has 0 aliphatic heterocycles. The summed E-state index contributed by atoms with van der Waals surface area (Å²) in [6.45, 7) is 1.17. The van der Waals surface area contributed by atoms with Gasteiger partial charge in [0, 0.05) is 29.3 Å². The zero-order chi connectivity index (χ0) is 11.2. The van der Waals surface area contributed by atoms with Crippen molar-refractivity contribution in [3.63, 3.8) is 0 Å². The molecule has 0 radical (unpaired) electrons. The van der Waals surface area contributed by atoms with Crippen LogP contribution in [0.4, 0.5) is 0 Å². The summed E-state index contributed by atoms with van der Waals surface area (Å²) in [4.78, 5) is 6.58. The summed E-state index contributed by atoms with van der Waals surface area (Å²) >= 11 is 2.02. The number of nitrogens with one attached hydrogen (secondary N) is 1. The molecule has 92 valence electrons. The molecule has 1 aromatic rings. The second kappa shape index (κ2) is 4.06. The van der Waals surface area contributed by atoms with Crippen LogP contribution in [0.1, 0.15) is 65.9 Å². The van der Waals surface area contributed by atoms with Crippen molar-refractivity contribution in [2.45, 2.75) is 62.8 Å². The van der Waals surface area contributed by atoms with Gasteiger partial charge in [-0.15, -0.1) is 11.3 Å². The zero-order valence-corrected chi connectivity index (χ0v) is 11.1. The Morgan fingerprint density at radius 2 is 2.06 bits per heavy atom. The Hall–Kier alpha value is -0.410. The Bertz CT molecular complexity index is 418. The molecule has 1 heterocycles. The van der Waals surface area contributed by atoms with E-state index in [0.717, 1.165) is 12.0 Å². The van der Waals surface area contributed by atoms with Crippen molar-refractivity contribution in [3.05, 3.63) is 15.6 Å². The van der Waals surface area contributed by atoms with Crippen LogP contribution in [0.15, 0.2) is 0 Å². The molecule has 17 heavy (non-hydrogen) atoms. The van der Waals surface area contributed by atoms with Gasteiger partial charge in [-0.25, -0.2) is 4.98 Å². The van der Waals surface area contributed by atoms with E-state index in [9.17, 15) is 0 Å². The van der Waals surface area contributed by atoms with Crippen molar-refractivity contribution in [2.75, 3.05) is 6.54 Å². The second-order valence-corrected chi connectivity index (χ2v) is 7.02. The van der Waals surface area contributed by atoms with E-state index in [-0.39, 0.29) is 0 Å². The number of hydrogen-bond donors (Lipinski definition) is 1. The van der Waals surface area contributed by atoms with Crippen LogP contribution in [0.5, 0.6) is 0 Å². The van der Waals surface area contributed by atoms with Crippen molar-refractivity contribution in [1.82, 2.24) is 10.3 Å². The number of hydrogen-bond acceptors (Lipinski definition) is 3. The lowest BCUT2D eigenvalue weighted by Gasteiger charge is -2.21. The maximum atomic E-state index is 4.97. The molecule has 0 spiro atoms. The van der Waals surface area contributed by atoms with Gasteiger partial charge in [0.2, 0.25) is 0 Å². The average Bonchev–Trinajstić information content (AvgIpc) is 3.24. The number of thiazole rings is 1. The maximum absolute atomic E-state index is 4.97. The number of fused-ring (bicyclic) bond motifs is 1. The van der Waals surface area contributed by atoms with E-state index < -0.39 is 0 Å². The van der Waals surface area contributed by atoms with Gasteiger partial charge in [0.05, 0.1) is 10.7 Å². The number of rotatable bonds is 4. The maximum Gasteiger partial charge on any atom is 0.0962 e. The fourth-order valence-corrected chi connectivity index (χ4v) is 4.19. The van der Waals surface area contributed by atoms with Gasteiger partial charge in [0.15, 0.2) is 0 Å². The van der Waals surface area contributed by atoms with Crippen LogP contribution in [0.3, 0.4) is 0 Å². The first-order valence-corrected chi connectivity index (χ1v) is 7.94. The fourth-order valence-electron chi connectivity index (χ4n) is 2.83. The Labute approximate surface area is 107 Å².